The first-order valence-electron chi connectivity index (χ1n) is 14.7. The quantitative estimate of drug-likeness (QED) is 0.0424. The number of benzene rings is 1. The molecule has 0 spiro atoms. The van der Waals surface area contributed by atoms with Crippen LogP contribution in [0.1, 0.15) is 26.0 Å². The number of aliphatic carboxylic acids is 2. The van der Waals surface area contributed by atoms with Crippen LogP contribution in [0.3, 0.4) is 0 Å². The van der Waals surface area contributed by atoms with Gasteiger partial charge in [0.1, 0.15) is 30.1 Å². The molecule has 1 aliphatic heterocycles. The molecule has 0 bridgehead atoms. The smallest absolute Gasteiger partial charge is 0.430 e. The van der Waals surface area contributed by atoms with Crippen LogP contribution >= 0.6 is 11.3 Å². The number of carboxylic acids is 2. The minimum atomic E-state index is -5.19. The second-order valence-electron chi connectivity index (χ2n) is 11.1. The molecule has 284 valence electrons. The maximum atomic E-state index is 13.1. The molecular weight excluding hydrogens is 745 g/mol. The van der Waals surface area contributed by atoms with Crippen LogP contribution in [0.5, 0.6) is 5.75 Å². The van der Waals surface area contributed by atoms with Crippen molar-refractivity contribution in [2.75, 3.05) is 18.9 Å². The molecule has 1 unspecified atom stereocenters. The zero-order valence-electron chi connectivity index (χ0n) is 27.4. The third-order valence-electron chi connectivity index (χ3n) is 7.19. The normalized spacial score (nSPS) is 17.3. The van der Waals surface area contributed by atoms with Gasteiger partial charge in [0, 0.05) is 5.38 Å². The van der Waals surface area contributed by atoms with Crippen molar-refractivity contribution in [3.05, 3.63) is 47.7 Å². The lowest BCUT2D eigenvalue weighted by Crippen LogP contribution is -2.71. The summed E-state index contributed by atoms with van der Waals surface area (Å²) in [5.74, 6) is -6.23. The van der Waals surface area contributed by atoms with Crippen molar-refractivity contribution in [1.82, 2.24) is 19.3 Å². The van der Waals surface area contributed by atoms with E-state index in [-0.39, 0.29) is 15.1 Å². The fraction of sp³-hybridized carbons (Fsp3) is 0.393. The number of amides is 2. The number of alkyl halides is 3. The number of anilines is 1. The fourth-order valence-corrected chi connectivity index (χ4v) is 5.77. The van der Waals surface area contributed by atoms with E-state index in [4.69, 9.17) is 30.9 Å². The van der Waals surface area contributed by atoms with Crippen molar-refractivity contribution in [2.24, 2.45) is 17.9 Å². The minimum absolute atomic E-state index is 0.0600. The van der Waals surface area contributed by atoms with Crippen LogP contribution in [0.2, 0.25) is 0 Å². The molecule has 24 heteroatoms. The van der Waals surface area contributed by atoms with Gasteiger partial charge in [-0.05, 0) is 44.5 Å². The number of nitrogens with two attached hydrogens (primary N) is 2. The lowest BCUT2D eigenvalue weighted by molar-refractivity contribution is -0.753. The zero-order valence-corrected chi connectivity index (χ0v) is 29.1. The van der Waals surface area contributed by atoms with Gasteiger partial charge in [-0.25, -0.2) is 14.1 Å². The molecular formula is C28H33F3N8O11S2. The Morgan fingerprint density at radius 2 is 1.83 bits per heavy atom. The maximum Gasteiger partial charge on any atom is 0.430 e. The summed E-state index contributed by atoms with van der Waals surface area (Å²) in [5.41, 5.74) is 10.5. The van der Waals surface area contributed by atoms with Gasteiger partial charge in [-0.1, -0.05) is 17.3 Å². The molecule has 52 heavy (non-hydrogen) atoms. The van der Waals surface area contributed by atoms with Gasteiger partial charge in [-0.2, -0.15) is 26.3 Å². The van der Waals surface area contributed by atoms with Crippen molar-refractivity contribution in [3.8, 4) is 16.9 Å². The summed E-state index contributed by atoms with van der Waals surface area (Å²) < 4.78 is 73.5. The molecule has 3 atom stereocenters. The summed E-state index contributed by atoms with van der Waals surface area (Å²) in [6, 6.07) is 4.53. The molecule has 3 heterocycles. The number of carbonyl (C=O) groups excluding carboxylic acids is 3. The lowest BCUT2D eigenvalue weighted by atomic mass is 10.0. The maximum absolute atomic E-state index is 13.1. The first kappa shape index (κ1) is 41.1. The summed E-state index contributed by atoms with van der Waals surface area (Å²) in [7, 11) is -2.90. The Morgan fingerprint density at radius 1 is 1.21 bits per heavy atom. The average molecular weight is 779 g/mol. The number of halogens is 3. The van der Waals surface area contributed by atoms with Crippen molar-refractivity contribution in [3.63, 3.8) is 0 Å². The number of carbonyl (C=O) groups is 4. The highest BCUT2D eigenvalue weighted by atomic mass is 32.2. The number of nitrogens with one attached hydrogen (secondary N) is 1. The van der Waals surface area contributed by atoms with Gasteiger partial charge in [0.25, 0.3) is 17.4 Å². The van der Waals surface area contributed by atoms with Gasteiger partial charge in [-0.3, -0.25) is 14.1 Å². The van der Waals surface area contributed by atoms with Crippen LogP contribution in [0.25, 0.3) is 11.1 Å². The van der Waals surface area contributed by atoms with E-state index in [2.05, 4.69) is 15.5 Å². The lowest BCUT2D eigenvalue weighted by Gasteiger charge is -2.42. The molecule has 1 fully saturated rings. The van der Waals surface area contributed by atoms with Crippen molar-refractivity contribution < 1.29 is 69.8 Å². The summed E-state index contributed by atoms with van der Waals surface area (Å²) in [5, 5.41) is 26.2. The number of oxime groups is 1. The van der Waals surface area contributed by atoms with E-state index >= 15 is 0 Å². The standard InChI is InChI=1S/C26H32N8O9S2.C2HF3O2/c1-15-20(23(36)34(15)45(39,40)41)30-22(35)21(19-13-44-25(28)29-19)31-43-26(2,24(37)38)14-42-18-7-5-16(6-8-18)17-11-32(3)33(12-17)10-4-9-27;3-2(4,5)1(6)7/h5-8,11-13,15,20H,4,9-10,14,27H2,1-3H3,(H4-,28,29,30,35,37,38,39,40,41);(H,6,7)/t15-,20+,26?;/m1./s1. The molecule has 0 radical (unpaired) electrons. The highest BCUT2D eigenvalue weighted by molar-refractivity contribution is 7.84. The number of ether oxygens (including phenoxy) is 1. The van der Waals surface area contributed by atoms with Crippen molar-refractivity contribution in [1.29, 1.82) is 0 Å². The Labute approximate surface area is 297 Å². The molecule has 1 aromatic carbocycles. The van der Waals surface area contributed by atoms with Crippen molar-refractivity contribution in [2.45, 2.75) is 50.7 Å². The fourth-order valence-electron chi connectivity index (χ4n) is 4.34. The monoisotopic (exact) mass is 778 g/mol. The zero-order chi connectivity index (χ0) is 39.2. The van der Waals surface area contributed by atoms with E-state index in [9.17, 15) is 45.6 Å². The number of hydrogen-bond donors (Lipinski definition) is 5. The predicted octanol–water partition coefficient (Wildman–Crippen LogP) is -1.17. The largest absolute Gasteiger partial charge is 0.542 e. The number of β-lactam (4-membered cyclic amide) rings is 1. The van der Waals surface area contributed by atoms with Gasteiger partial charge in [0.15, 0.2) is 17.9 Å². The minimum Gasteiger partial charge on any atom is -0.542 e. The first-order valence-corrected chi connectivity index (χ1v) is 17.0. The third-order valence-corrected chi connectivity index (χ3v) is 8.87. The second kappa shape index (κ2) is 16.3. The van der Waals surface area contributed by atoms with Gasteiger partial charge in [0.05, 0.1) is 24.3 Å². The van der Waals surface area contributed by atoms with E-state index in [1.54, 1.807) is 12.1 Å². The van der Waals surface area contributed by atoms with E-state index < -0.39 is 70.2 Å². The van der Waals surface area contributed by atoms with E-state index in [1.807, 2.05) is 40.9 Å². The van der Waals surface area contributed by atoms with Crippen LogP contribution in [-0.4, -0.2) is 98.5 Å². The summed E-state index contributed by atoms with van der Waals surface area (Å²) in [6.07, 6.45) is -0.396. The predicted molar refractivity (Wildman–Crippen MR) is 171 cm³/mol. The number of nitrogen functional groups attached to an aromatic ring is 1. The van der Waals surface area contributed by atoms with E-state index in [0.29, 0.717) is 12.3 Å². The molecule has 19 nitrogen and oxygen atoms in total. The van der Waals surface area contributed by atoms with E-state index in [0.717, 1.165) is 35.4 Å². The molecule has 0 aliphatic carbocycles. The van der Waals surface area contributed by atoms with Gasteiger partial charge >= 0.3 is 22.4 Å². The molecule has 2 aromatic heterocycles. The van der Waals surface area contributed by atoms with Crippen LogP contribution in [0, 0.1) is 0 Å². The molecule has 0 saturated carbocycles. The molecule has 4 rings (SSSR count). The SMILES string of the molecule is C[C@@H]1[C@H](NC(=O)C(=NOC(C)(COc2ccc(-c3cn(CCCN)[n+](C)c3)cc2)C(=O)O)c2csc(N)n2)C(=O)N1S(=O)(=O)O.O=C([O-])C(F)(F)F. The second-order valence-corrected chi connectivity index (χ2v) is 13.3. The van der Waals surface area contributed by atoms with Crippen LogP contribution in [0.4, 0.5) is 18.3 Å². The number of aryl methyl sites for hydroxylation is 2. The topological polar surface area (TPSA) is 286 Å². The number of rotatable bonds is 14. The summed E-state index contributed by atoms with van der Waals surface area (Å²) in [6.45, 7) is 3.30. The Kier molecular flexibility index (Phi) is 12.9. The Balaban J connectivity index is 0.000000944. The number of thiazole rings is 1. The van der Waals surface area contributed by atoms with Crippen LogP contribution in [0.15, 0.2) is 47.2 Å². The number of aromatic nitrogens is 3. The van der Waals surface area contributed by atoms with Gasteiger partial charge in [-0.15, -0.1) is 16.0 Å². The highest BCUT2D eigenvalue weighted by Crippen LogP contribution is 2.25. The number of nitrogens with zero attached hydrogens (tertiary/aromatic N) is 5. The third kappa shape index (κ3) is 10.1. The highest BCUT2D eigenvalue weighted by Gasteiger charge is 2.52. The molecule has 1 aliphatic rings. The van der Waals surface area contributed by atoms with Gasteiger partial charge in [0.2, 0.25) is 6.20 Å². The first-order chi connectivity index (χ1) is 24.1. The molecule has 7 N–H and O–H groups in total. The van der Waals surface area contributed by atoms with Crippen molar-refractivity contribution >= 4 is 56.2 Å². The molecule has 1 saturated heterocycles. The number of carboxylic acid groups (broad SMARTS) is 2. The Bertz CT molecular complexity index is 1930. The van der Waals surface area contributed by atoms with E-state index in [1.165, 1.54) is 19.2 Å². The Hall–Kier alpha value is -5.33. The van der Waals surface area contributed by atoms with Crippen LogP contribution < -0.4 is 31.3 Å². The van der Waals surface area contributed by atoms with Gasteiger partial charge < -0.3 is 41.4 Å². The summed E-state index contributed by atoms with van der Waals surface area (Å²) in [4.78, 5) is 55.7. The Morgan fingerprint density at radius 3 is 2.31 bits per heavy atom. The molecule has 2 amide bonds. The molecule has 3 aromatic rings. The summed E-state index contributed by atoms with van der Waals surface area (Å²) >= 11 is 0.960. The van der Waals surface area contributed by atoms with Crippen LogP contribution in [-0.2, 0) is 47.9 Å². The average Bonchev–Trinajstić information content (AvgIpc) is 3.65. The number of hydrogen-bond acceptors (Lipinski definition) is 14.